The van der Waals surface area contributed by atoms with Crippen molar-refractivity contribution in [3.63, 3.8) is 0 Å². The number of likely N-dealkylation sites (N-methyl/N-ethyl adjacent to an activating group) is 1. The minimum atomic E-state index is 0.336. The Hall–Kier alpha value is -0.930. The van der Waals surface area contributed by atoms with Crippen LogP contribution in [-0.2, 0) is 6.42 Å². The molecule has 1 aromatic rings. The Labute approximate surface area is 129 Å². The van der Waals surface area contributed by atoms with E-state index in [-0.39, 0.29) is 0 Å². The molecule has 21 heavy (non-hydrogen) atoms. The highest BCUT2D eigenvalue weighted by Gasteiger charge is 2.41. The van der Waals surface area contributed by atoms with Gasteiger partial charge in [-0.25, -0.2) is 0 Å². The van der Waals surface area contributed by atoms with E-state index in [1.54, 1.807) is 0 Å². The first-order chi connectivity index (χ1) is 9.91. The summed E-state index contributed by atoms with van der Waals surface area (Å²) >= 11 is 0. The number of aromatic nitrogens is 1. The van der Waals surface area contributed by atoms with Crippen molar-refractivity contribution in [3.8, 4) is 0 Å². The molecule has 118 valence electrons. The van der Waals surface area contributed by atoms with E-state index in [1.807, 2.05) is 12.4 Å². The lowest BCUT2D eigenvalue weighted by Crippen LogP contribution is -2.49. The fraction of sp³-hybridized carbons (Fsp3) is 0.722. The number of pyridine rings is 1. The zero-order valence-electron chi connectivity index (χ0n) is 14.0. The van der Waals surface area contributed by atoms with Gasteiger partial charge in [-0.3, -0.25) is 4.98 Å². The van der Waals surface area contributed by atoms with E-state index in [0.717, 1.165) is 18.9 Å². The highest BCUT2D eigenvalue weighted by atomic mass is 15.1. The largest absolute Gasteiger partial charge is 0.327 e. The first kappa shape index (κ1) is 16.4. The van der Waals surface area contributed by atoms with Crippen LogP contribution in [0.1, 0.15) is 39.2 Å². The zero-order chi connectivity index (χ0) is 15.5. The topological polar surface area (TPSA) is 42.1 Å². The average Bonchev–Trinajstić information content (AvgIpc) is 2.47. The predicted molar refractivity (Wildman–Crippen MR) is 89.1 cm³/mol. The van der Waals surface area contributed by atoms with Crippen molar-refractivity contribution in [1.82, 2.24) is 9.88 Å². The number of nitrogens with zero attached hydrogens (tertiary/aromatic N) is 2. The van der Waals surface area contributed by atoms with E-state index in [1.165, 1.54) is 24.9 Å². The second-order valence-corrected chi connectivity index (χ2v) is 7.42. The summed E-state index contributed by atoms with van der Waals surface area (Å²) in [5, 5.41) is 0. The highest BCUT2D eigenvalue weighted by Crippen LogP contribution is 2.44. The molecule has 1 fully saturated rings. The monoisotopic (exact) mass is 289 g/mol. The van der Waals surface area contributed by atoms with E-state index in [4.69, 9.17) is 5.73 Å². The van der Waals surface area contributed by atoms with Crippen LogP contribution in [0.3, 0.4) is 0 Å². The van der Waals surface area contributed by atoms with E-state index < -0.39 is 0 Å². The molecule has 2 rings (SSSR count). The van der Waals surface area contributed by atoms with Crippen LogP contribution in [0.15, 0.2) is 24.5 Å². The molecule has 0 bridgehead atoms. The van der Waals surface area contributed by atoms with Crippen LogP contribution in [0.5, 0.6) is 0 Å². The SMILES string of the molecule is CC1C(N)CCC(CN(C)CCc2ccncc2)C1(C)C. The molecular weight excluding hydrogens is 258 g/mol. The van der Waals surface area contributed by atoms with Gasteiger partial charge in [-0.1, -0.05) is 20.8 Å². The highest BCUT2D eigenvalue weighted by molar-refractivity contribution is 5.09. The molecule has 3 heteroatoms. The molecule has 0 radical (unpaired) electrons. The minimum Gasteiger partial charge on any atom is -0.327 e. The lowest BCUT2D eigenvalue weighted by atomic mass is 9.61. The zero-order valence-corrected chi connectivity index (χ0v) is 14.0. The van der Waals surface area contributed by atoms with E-state index in [9.17, 15) is 0 Å². The van der Waals surface area contributed by atoms with Gasteiger partial charge in [0.05, 0.1) is 0 Å². The smallest absolute Gasteiger partial charge is 0.0270 e. The molecule has 1 aliphatic rings. The molecule has 3 atom stereocenters. The molecule has 3 unspecified atom stereocenters. The lowest BCUT2D eigenvalue weighted by Gasteiger charge is -2.48. The third-order valence-electron chi connectivity index (χ3n) is 5.78. The van der Waals surface area contributed by atoms with E-state index in [0.29, 0.717) is 17.4 Å². The van der Waals surface area contributed by atoms with E-state index in [2.05, 4.69) is 49.8 Å². The molecule has 3 nitrogen and oxygen atoms in total. The molecular formula is C18H31N3. The van der Waals surface area contributed by atoms with Gasteiger partial charge in [0.1, 0.15) is 0 Å². The standard InChI is InChI=1S/C18H31N3/c1-14-17(19)6-5-16(18(14,2)3)13-21(4)12-9-15-7-10-20-11-8-15/h7-8,10-11,14,16-17H,5-6,9,12-13,19H2,1-4H3. The Morgan fingerprint density at radius 1 is 1.29 bits per heavy atom. The van der Waals surface area contributed by atoms with Gasteiger partial charge in [0, 0.05) is 31.5 Å². The molecule has 0 spiro atoms. The molecule has 0 aromatic carbocycles. The molecule has 0 aliphatic heterocycles. The first-order valence-electron chi connectivity index (χ1n) is 8.24. The van der Waals surface area contributed by atoms with Gasteiger partial charge in [-0.15, -0.1) is 0 Å². The lowest BCUT2D eigenvalue weighted by molar-refractivity contribution is 0.0340. The number of hydrogen-bond donors (Lipinski definition) is 1. The summed E-state index contributed by atoms with van der Waals surface area (Å²) in [6.07, 6.45) is 7.29. The van der Waals surface area contributed by atoms with Crippen molar-refractivity contribution in [1.29, 1.82) is 0 Å². The molecule has 1 saturated carbocycles. The maximum Gasteiger partial charge on any atom is 0.0270 e. The summed E-state index contributed by atoms with van der Waals surface area (Å²) in [6, 6.07) is 4.59. The third kappa shape index (κ3) is 4.04. The average molecular weight is 289 g/mol. The second kappa shape index (κ2) is 6.89. The van der Waals surface area contributed by atoms with Crippen LogP contribution < -0.4 is 5.73 Å². The van der Waals surface area contributed by atoms with Crippen LogP contribution in [0, 0.1) is 17.3 Å². The van der Waals surface area contributed by atoms with Crippen molar-refractivity contribution < 1.29 is 0 Å². The van der Waals surface area contributed by atoms with Crippen LogP contribution in [0.25, 0.3) is 0 Å². The van der Waals surface area contributed by atoms with Gasteiger partial charge in [0.2, 0.25) is 0 Å². The molecule has 1 aliphatic carbocycles. The van der Waals surface area contributed by atoms with Gasteiger partial charge in [0.15, 0.2) is 0 Å². The summed E-state index contributed by atoms with van der Waals surface area (Å²) in [5.74, 6) is 1.35. The summed E-state index contributed by atoms with van der Waals surface area (Å²) in [7, 11) is 2.25. The molecule has 1 aromatic heterocycles. The molecule has 0 saturated heterocycles. The maximum absolute atomic E-state index is 6.26. The quantitative estimate of drug-likeness (QED) is 0.906. The summed E-state index contributed by atoms with van der Waals surface area (Å²) in [4.78, 5) is 6.56. The fourth-order valence-corrected chi connectivity index (χ4v) is 3.60. The van der Waals surface area contributed by atoms with Crippen molar-refractivity contribution in [2.75, 3.05) is 20.1 Å². The Bertz CT molecular complexity index is 429. The summed E-state index contributed by atoms with van der Waals surface area (Å²) in [6.45, 7) is 9.41. The molecule has 0 amide bonds. The maximum atomic E-state index is 6.26. The van der Waals surface area contributed by atoms with Crippen LogP contribution in [-0.4, -0.2) is 36.1 Å². The van der Waals surface area contributed by atoms with E-state index >= 15 is 0 Å². The Kier molecular flexibility index (Phi) is 5.39. The Balaban J connectivity index is 1.86. The van der Waals surface area contributed by atoms with Gasteiger partial charge in [-0.2, -0.15) is 0 Å². The Morgan fingerprint density at radius 2 is 1.95 bits per heavy atom. The first-order valence-corrected chi connectivity index (χ1v) is 8.24. The third-order valence-corrected chi connectivity index (χ3v) is 5.78. The Morgan fingerprint density at radius 3 is 2.62 bits per heavy atom. The van der Waals surface area contributed by atoms with Gasteiger partial charge in [-0.05, 0) is 61.3 Å². The molecule has 1 heterocycles. The normalized spacial score (nSPS) is 28.8. The van der Waals surface area contributed by atoms with Crippen molar-refractivity contribution in [2.24, 2.45) is 23.0 Å². The summed E-state index contributed by atoms with van der Waals surface area (Å²) in [5.41, 5.74) is 7.97. The van der Waals surface area contributed by atoms with Crippen LogP contribution >= 0.6 is 0 Å². The second-order valence-electron chi connectivity index (χ2n) is 7.42. The fourth-order valence-electron chi connectivity index (χ4n) is 3.60. The van der Waals surface area contributed by atoms with Gasteiger partial charge >= 0.3 is 0 Å². The minimum absolute atomic E-state index is 0.336. The van der Waals surface area contributed by atoms with Crippen LogP contribution in [0.2, 0.25) is 0 Å². The molecule has 2 N–H and O–H groups in total. The van der Waals surface area contributed by atoms with Crippen LogP contribution in [0.4, 0.5) is 0 Å². The predicted octanol–water partition coefficient (Wildman–Crippen LogP) is 2.96. The number of nitrogens with two attached hydrogens (primary N) is 1. The summed E-state index contributed by atoms with van der Waals surface area (Å²) < 4.78 is 0. The van der Waals surface area contributed by atoms with Crippen molar-refractivity contribution in [2.45, 2.75) is 46.1 Å². The van der Waals surface area contributed by atoms with Gasteiger partial charge in [0.25, 0.3) is 0 Å². The number of hydrogen-bond acceptors (Lipinski definition) is 3. The van der Waals surface area contributed by atoms with Crippen molar-refractivity contribution in [3.05, 3.63) is 30.1 Å². The number of rotatable bonds is 5. The van der Waals surface area contributed by atoms with Gasteiger partial charge < -0.3 is 10.6 Å². The van der Waals surface area contributed by atoms with Crippen molar-refractivity contribution >= 4 is 0 Å².